The van der Waals surface area contributed by atoms with E-state index in [4.69, 9.17) is 5.73 Å². The van der Waals surface area contributed by atoms with Crippen LogP contribution < -0.4 is 11.1 Å². The van der Waals surface area contributed by atoms with Crippen LogP contribution in [0.2, 0.25) is 0 Å². The summed E-state index contributed by atoms with van der Waals surface area (Å²) in [5.41, 5.74) is 9.11. The number of hydrogen-bond acceptors (Lipinski definition) is 3. The summed E-state index contributed by atoms with van der Waals surface area (Å²) in [5, 5.41) is 4.69. The Morgan fingerprint density at radius 3 is 2.82 bits per heavy atom. The van der Waals surface area contributed by atoms with Crippen LogP contribution in [0.3, 0.4) is 0 Å². The number of pyridine rings is 1. The Morgan fingerprint density at radius 2 is 2.12 bits per heavy atom. The van der Waals surface area contributed by atoms with Gasteiger partial charge in [0.1, 0.15) is 0 Å². The number of benzene rings is 1. The standard InChI is InChI=1S/C14H17N3/c1-14(2)8-12(14)17-11-6-7-16-13-9(11)4-3-5-10(13)15/h3-7,12H,8,15H2,1-2H3,(H,16,17). The fourth-order valence-corrected chi connectivity index (χ4v) is 2.23. The number of nitrogens with two attached hydrogens (primary N) is 1. The van der Waals surface area contributed by atoms with Gasteiger partial charge in [0, 0.05) is 23.3 Å². The summed E-state index contributed by atoms with van der Waals surface area (Å²) in [5.74, 6) is 0. The molecule has 3 N–H and O–H groups in total. The maximum atomic E-state index is 5.93. The molecule has 0 saturated heterocycles. The second-order valence-electron chi connectivity index (χ2n) is 5.49. The van der Waals surface area contributed by atoms with E-state index in [2.05, 4.69) is 30.2 Å². The van der Waals surface area contributed by atoms with Gasteiger partial charge in [-0.1, -0.05) is 26.0 Å². The van der Waals surface area contributed by atoms with Gasteiger partial charge in [-0.2, -0.15) is 0 Å². The Labute approximate surface area is 101 Å². The second kappa shape index (κ2) is 3.36. The highest BCUT2D eigenvalue weighted by atomic mass is 15.0. The van der Waals surface area contributed by atoms with E-state index in [-0.39, 0.29) is 0 Å². The van der Waals surface area contributed by atoms with E-state index < -0.39 is 0 Å². The lowest BCUT2D eigenvalue weighted by Gasteiger charge is -2.11. The highest BCUT2D eigenvalue weighted by Gasteiger charge is 2.45. The average molecular weight is 227 g/mol. The van der Waals surface area contributed by atoms with E-state index in [0.717, 1.165) is 22.3 Å². The molecule has 0 aliphatic heterocycles. The van der Waals surface area contributed by atoms with Gasteiger partial charge in [0.25, 0.3) is 0 Å². The zero-order valence-electron chi connectivity index (χ0n) is 10.2. The molecule has 1 aliphatic carbocycles. The van der Waals surface area contributed by atoms with E-state index >= 15 is 0 Å². The van der Waals surface area contributed by atoms with Crippen LogP contribution in [0.1, 0.15) is 20.3 Å². The highest BCUT2D eigenvalue weighted by molar-refractivity contribution is 5.97. The predicted octanol–water partition coefficient (Wildman–Crippen LogP) is 3.03. The summed E-state index contributed by atoms with van der Waals surface area (Å²) in [6, 6.07) is 8.52. The van der Waals surface area contributed by atoms with Crippen molar-refractivity contribution in [3.05, 3.63) is 30.5 Å². The summed E-state index contributed by atoms with van der Waals surface area (Å²) in [4.78, 5) is 4.34. The Kier molecular flexibility index (Phi) is 2.05. The molecule has 88 valence electrons. The first-order chi connectivity index (χ1) is 8.08. The van der Waals surface area contributed by atoms with Gasteiger partial charge in [-0.15, -0.1) is 0 Å². The van der Waals surface area contributed by atoms with Gasteiger partial charge in [0.15, 0.2) is 0 Å². The Hall–Kier alpha value is -1.77. The molecule has 1 aromatic heterocycles. The van der Waals surface area contributed by atoms with Crippen molar-refractivity contribution in [1.29, 1.82) is 0 Å². The third-order valence-corrected chi connectivity index (χ3v) is 3.65. The molecule has 17 heavy (non-hydrogen) atoms. The number of rotatable bonds is 2. The zero-order chi connectivity index (χ0) is 12.0. The summed E-state index contributed by atoms with van der Waals surface area (Å²) >= 11 is 0. The molecule has 0 spiro atoms. The van der Waals surface area contributed by atoms with E-state index in [1.807, 2.05) is 24.4 Å². The number of nitrogen functional groups attached to an aromatic ring is 1. The SMILES string of the molecule is CC1(C)CC1Nc1ccnc2c(N)cccc12. The molecule has 1 aromatic carbocycles. The Bertz CT molecular complexity index is 575. The van der Waals surface area contributed by atoms with Crippen molar-refractivity contribution in [2.24, 2.45) is 5.41 Å². The maximum Gasteiger partial charge on any atom is 0.0951 e. The Morgan fingerprint density at radius 1 is 1.35 bits per heavy atom. The summed E-state index contributed by atoms with van der Waals surface area (Å²) < 4.78 is 0. The van der Waals surface area contributed by atoms with Gasteiger partial charge in [-0.05, 0) is 24.0 Å². The normalized spacial score (nSPS) is 21.4. The molecule has 1 saturated carbocycles. The molecule has 1 aliphatic rings. The quantitative estimate of drug-likeness (QED) is 0.775. The molecule has 1 heterocycles. The second-order valence-corrected chi connectivity index (χ2v) is 5.49. The number of anilines is 2. The summed E-state index contributed by atoms with van der Waals surface area (Å²) in [6.07, 6.45) is 3.04. The molecule has 3 heteroatoms. The third kappa shape index (κ3) is 1.71. The van der Waals surface area contributed by atoms with Crippen LogP contribution >= 0.6 is 0 Å². The van der Waals surface area contributed by atoms with Crippen LogP contribution in [0.15, 0.2) is 30.5 Å². The lowest BCUT2D eigenvalue weighted by Crippen LogP contribution is -2.09. The zero-order valence-corrected chi connectivity index (χ0v) is 10.2. The van der Waals surface area contributed by atoms with Crippen LogP contribution in [0.4, 0.5) is 11.4 Å². The first kappa shape index (κ1) is 10.4. The topological polar surface area (TPSA) is 50.9 Å². The van der Waals surface area contributed by atoms with E-state index in [0.29, 0.717) is 11.5 Å². The number of nitrogens with one attached hydrogen (secondary N) is 1. The van der Waals surface area contributed by atoms with Crippen molar-refractivity contribution in [1.82, 2.24) is 4.98 Å². The van der Waals surface area contributed by atoms with Crippen LogP contribution in [-0.4, -0.2) is 11.0 Å². The van der Waals surface area contributed by atoms with Crippen molar-refractivity contribution >= 4 is 22.3 Å². The van der Waals surface area contributed by atoms with Gasteiger partial charge in [-0.25, -0.2) is 0 Å². The van der Waals surface area contributed by atoms with Crippen LogP contribution in [0.5, 0.6) is 0 Å². The number of para-hydroxylation sites is 1. The molecule has 0 bridgehead atoms. The molecule has 2 aromatic rings. The maximum absolute atomic E-state index is 5.93. The molecule has 1 atom stereocenters. The minimum absolute atomic E-state index is 0.413. The minimum atomic E-state index is 0.413. The van der Waals surface area contributed by atoms with Gasteiger partial charge in [0.2, 0.25) is 0 Å². The lowest BCUT2D eigenvalue weighted by atomic mass is 10.1. The van der Waals surface area contributed by atoms with Crippen LogP contribution in [0.25, 0.3) is 10.9 Å². The van der Waals surface area contributed by atoms with Crippen molar-refractivity contribution in [2.45, 2.75) is 26.3 Å². The largest absolute Gasteiger partial charge is 0.397 e. The predicted molar refractivity (Wildman–Crippen MR) is 72.0 cm³/mol. The van der Waals surface area contributed by atoms with Gasteiger partial charge >= 0.3 is 0 Å². The van der Waals surface area contributed by atoms with Crippen molar-refractivity contribution in [3.8, 4) is 0 Å². The van der Waals surface area contributed by atoms with Crippen molar-refractivity contribution < 1.29 is 0 Å². The van der Waals surface area contributed by atoms with Crippen molar-refractivity contribution in [2.75, 3.05) is 11.1 Å². The van der Waals surface area contributed by atoms with Gasteiger partial charge < -0.3 is 11.1 Å². The molecule has 3 nitrogen and oxygen atoms in total. The molecule has 1 fully saturated rings. The smallest absolute Gasteiger partial charge is 0.0951 e. The number of fused-ring (bicyclic) bond motifs is 1. The highest BCUT2D eigenvalue weighted by Crippen LogP contribution is 2.47. The fraction of sp³-hybridized carbons (Fsp3) is 0.357. The first-order valence-corrected chi connectivity index (χ1v) is 5.98. The van der Waals surface area contributed by atoms with Gasteiger partial charge in [0.05, 0.1) is 11.2 Å². The number of nitrogens with zero attached hydrogens (tertiary/aromatic N) is 1. The first-order valence-electron chi connectivity index (χ1n) is 5.98. The van der Waals surface area contributed by atoms with E-state index in [9.17, 15) is 0 Å². The molecule has 0 radical (unpaired) electrons. The summed E-state index contributed by atoms with van der Waals surface area (Å²) in [7, 11) is 0. The number of hydrogen-bond donors (Lipinski definition) is 2. The monoisotopic (exact) mass is 227 g/mol. The van der Waals surface area contributed by atoms with Crippen molar-refractivity contribution in [3.63, 3.8) is 0 Å². The fourth-order valence-electron chi connectivity index (χ4n) is 2.23. The third-order valence-electron chi connectivity index (χ3n) is 3.65. The van der Waals surface area contributed by atoms with E-state index in [1.54, 1.807) is 0 Å². The molecule has 1 unspecified atom stereocenters. The van der Waals surface area contributed by atoms with Gasteiger partial charge in [-0.3, -0.25) is 4.98 Å². The molecular weight excluding hydrogens is 210 g/mol. The Balaban J connectivity index is 2.02. The summed E-state index contributed by atoms with van der Waals surface area (Å²) in [6.45, 7) is 4.56. The minimum Gasteiger partial charge on any atom is -0.397 e. The average Bonchev–Trinajstić information content (AvgIpc) is 2.88. The lowest BCUT2D eigenvalue weighted by molar-refractivity contribution is 0.631. The molecular formula is C14H17N3. The van der Waals surface area contributed by atoms with Crippen LogP contribution in [-0.2, 0) is 0 Å². The van der Waals surface area contributed by atoms with Crippen LogP contribution in [0, 0.1) is 5.41 Å². The van der Waals surface area contributed by atoms with E-state index in [1.165, 1.54) is 6.42 Å². The molecule has 0 amide bonds. The molecule has 3 rings (SSSR count). The number of aromatic nitrogens is 1.